The number of allylic oxidation sites excluding steroid dienone is 6. The third-order valence-corrected chi connectivity index (χ3v) is 8.62. The molecule has 0 radical (unpaired) electrons. The van der Waals surface area contributed by atoms with Crippen LogP contribution in [-0.4, -0.2) is 41.7 Å². The first kappa shape index (κ1) is 20.4. The van der Waals surface area contributed by atoms with Crippen molar-refractivity contribution in [3.05, 3.63) is 35.5 Å². The van der Waals surface area contributed by atoms with Crippen molar-refractivity contribution in [2.24, 2.45) is 27.7 Å². The van der Waals surface area contributed by atoms with E-state index in [1.54, 1.807) is 19.1 Å². The number of hydrogen-bond donors (Lipinski definition) is 0. The van der Waals surface area contributed by atoms with Crippen molar-refractivity contribution in [1.29, 1.82) is 0 Å². The Kier molecular flexibility index (Phi) is 4.28. The first-order chi connectivity index (χ1) is 14.6. The molecule has 2 saturated carbocycles. The fourth-order valence-electron chi connectivity index (χ4n) is 7.17. The molecule has 6 unspecified atom stereocenters. The van der Waals surface area contributed by atoms with Gasteiger partial charge in [-0.1, -0.05) is 30.2 Å². The number of ether oxygens (including phenoxy) is 2. The van der Waals surface area contributed by atoms with Crippen molar-refractivity contribution in [3.8, 4) is 0 Å². The molecule has 31 heavy (non-hydrogen) atoms. The second-order valence-electron chi connectivity index (χ2n) is 10.1. The Labute approximate surface area is 182 Å². The summed E-state index contributed by atoms with van der Waals surface area (Å²) in [5.74, 6) is 0.504. The molecular weight excluding hydrogens is 394 g/mol. The fourth-order valence-corrected chi connectivity index (χ4v) is 7.17. The molecular formula is C25H29NO5. The smallest absolute Gasteiger partial charge is 0.303 e. The minimum absolute atomic E-state index is 0.0656. The molecule has 0 aromatic rings. The summed E-state index contributed by atoms with van der Waals surface area (Å²) in [5.41, 5.74) is 0.890. The van der Waals surface area contributed by atoms with Crippen LogP contribution in [0.5, 0.6) is 0 Å². The molecule has 0 spiro atoms. The monoisotopic (exact) mass is 423 g/mol. The lowest BCUT2D eigenvalue weighted by Crippen LogP contribution is -2.57. The van der Waals surface area contributed by atoms with Gasteiger partial charge in [-0.25, -0.2) is 4.99 Å². The quantitative estimate of drug-likeness (QED) is 0.512. The number of rotatable bonds is 3. The summed E-state index contributed by atoms with van der Waals surface area (Å²) in [4.78, 5) is 41.6. The van der Waals surface area contributed by atoms with Crippen molar-refractivity contribution in [2.45, 2.75) is 65.0 Å². The van der Waals surface area contributed by atoms with Crippen LogP contribution in [-0.2, 0) is 23.9 Å². The molecule has 4 aliphatic carbocycles. The average molecular weight is 424 g/mol. The van der Waals surface area contributed by atoms with Crippen molar-refractivity contribution in [1.82, 2.24) is 0 Å². The van der Waals surface area contributed by atoms with E-state index in [-0.39, 0.29) is 35.6 Å². The van der Waals surface area contributed by atoms with Gasteiger partial charge in [-0.2, -0.15) is 0 Å². The van der Waals surface area contributed by atoms with E-state index >= 15 is 0 Å². The van der Waals surface area contributed by atoms with Crippen molar-refractivity contribution < 1.29 is 23.9 Å². The molecule has 0 bridgehead atoms. The van der Waals surface area contributed by atoms with Gasteiger partial charge in [0.15, 0.2) is 23.8 Å². The molecule has 6 heteroatoms. The zero-order valence-corrected chi connectivity index (χ0v) is 18.6. The van der Waals surface area contributed by atoms with Crippen LogP contribution in [0.2, 0.25) is 0 Å². The summed E-state index contributed by atoms with van der Waals surface area (Å²) in [6.45, 7) is 7.21. The molecule has 0 aromatic carbocycles. The summed E-state index contributed by atoms with van der Waals surface area (Å²) in [6, 6.07) is 0. The van der Waals surface area contributed by atoms with Crippen molar-refractivity contribution in [3.63, 3.8) is 0 Å². The summed E-state index contributed by atoms with van der Waals surface area (Å²) in [6.07, 6.45) is 10.8. The van der Waals surface area contributed by atoms with E-state index in [1.807, 2.05) is 0 Å². The first-order valence-corrected chi connectivity index (χ1v) is 11.2. The lowest BCUT2D eigenvalue weighted by molar-refractivity contribution is -0.149. The SMILES string of the molecule is CC(=O)OCC(=O)C12N=C(C)OC1CC1C3CCC4=CC(=O)C=CC4(C)C3=CCC12C. The van der Waals surface area contributed by atoms with Gasteiger partial charge in [0.2, 0.25) is 5.78 Å². The van der Waals surface area contributed by atoms with E-state index in [4.69, 9.17) is 14.5 Å². The molecule has 0 N–H and O–H groups in total. The number of carbonyl (C=O) groups is 3. The fraction of sp³-hybridized carbons (Fsp3) is 0.600. The number of nitrogens with zero attached hydrogens (tertiary/aromatic N) is 1. The number of hydrogen-bond acceptors (Lipinski definition) is 6. The third kappa shape index (κ3) is 2.56. The average Bonchev–Trinajstić information content (AvgIpc) is 3.17. The van der Waals surface area contributed by atoms with Gasteiger partial charge in [-0.05, 0) is 56.6 Å². The van der Waals surface area contributed by atoms with Crippen LogP contribution < -0.4 is 0 Å². The van der Waals surface area contributed by atoms with Gasteiger partial charge in [0, 0.05) is 24.7 Å². The number of fused-ring (bicyclic) bond motifs is 7. The molecule has 5 rings (SSSR count). The Bertz CT molecular complexity index is 1020. The summed E-state index contributed by atoms with van der Waals surface area (Å²) in [5, 5.41) is 0. The van der Waals surface area contributed by atoms with Crippen LogP contribution in [0.4, 0.5) is 0 Å². The van der Waals surface area contributed by atoms with Crippen LogP contribution in [0.3, 0.4) is 0 Å². The van der Waals surface area contributed by atoms with E-state index < -0.39 is 16.9 Å². The molecule has 0 saturated heterocycles. The van der Waals surface area contributed by atoms with Gasteiger partial charge < -0.3 is 9.47 Å². The number of esters is 1. The Hall–Kier alpha value is -2.50. The summed E-state index contributed by atoms with van der Waals surface area (Å²) >= 11 is 0. The predicted octanol–water partition coefficient (Wildman–Crippen LogP) is 3.51. The second-order valence-corrected chi connectivity index (χ2v) is 10.1. The van der Waals surface area contributed by atoms with Crippen molar-refractivity contribution >= 4 is 23.4 Å². The van der Waals surface area contributed by atoms with Crippen LogP contribution in [0.25, 0.3) is 0 Å². The first-order valence-electron chi connectivity index (χ1n) is 11.2. The maximum Gasteiger partial charge on any atom is 0.303 e. The Morgan fingerprint density at radius 3 is 2.84 bits per heavy atom. The zero-order valence-electron chi connectivity index (χ0n) is 18.6. The number of aliphatic imine (C=N–C) groups is 1. The zero-order chi connectivity index (χ0) is 22.2. The summed E-state index contributed by atoms with van der Waals surface area (Å²) < 4.78 is 11.2. The standard InChI is InChI=1S/C25H29NO5/c1-14-26-25(21(29)13-30-15(2)27)22(31-14)12-20-18-6-5-16-11-17(28)7-9-23(16,3)19(18)8-10-24(20,25)4/h7-9,11,18,20,22H,5-6,10,12-13H2,1-4H3. The van der Waals surface area contributed by atoms with Crippen molar-refractivity contribution in [2.75, 3.05) is 6.61 Å². The number of Topliss-reactive ketones (excluding diaryl/α,β-unsaturated/α-hetero) is 1. The maximum absolute atomic E-state index is 13.5. The molecule has 164 valence electrons. The highest BCUT2D eigenvalue weighted by atomic mass is 16.5. The minimum atomic E-state index is -1.02. The second kappa shape index (κ2) is 6.50. The van der Waals surface area contributed by atoms with E-state index in [0.717, 1.165) is 19.3 Å². The lowest BCUT2D eigenvalue weighted by Gasteiger charge is -2.53. The predicted molar refractivity (Wildman–Crippen MR) is 114 cm³/mol. The molecule has 0 amide bonds. The van der Waals surface area contributed by atoms with Gasteiger partial charge in [-0.3, -0.25) is 14.4 Å². The van der Waals surface area contributed by atoms with Crippen LogP contribution >= 0.6 is 0 Å². The highest BCUT2D eigenvalue weighted by Crippen LogP contribution is 2.67. The molecule has 6 nitrogen and oxygen atoms in total. The van der Waals surface area contributed by atoms with Gasteiger partial charge in [0.1, 0.15) is 6.10 Å². The normalized spacial score (nSPS) is 42.3. The van der Waals surface area contributed by atoms with Crippen LogP contribution in [0.15, 0.2) is 40.4 Å². The topological polar surface area (TPSA) is 82.0 Å². The Morgan fingerprint density at radius 2 is 2.10 bits per heavy atom. The van der Waals surface area contributed by atoms with E-state index in [9.17, 15) is 14.4 Å². The van der Waals surface area contributed by atoms with E-state index in [2.05, 4.69) is 26.0 Å². The molecule has 2 fully saturated rings. The molecule has 1 aliphatic heterocycles. The molecule has 6 atom stereocenters. The largest absolute Gasteiger partial charge is 0.475 e. The summed E-state index contributed by atoms with van der Waals surface area (Å²) in [7, 11) is 0. The van der Waals surface area contributed by atoms with Gasteiger partial charge in [-0.15, -0.1) is 0 Å². The van der Waals surface area contributed by atoms with Crippen LogP contribution in [0, 0.1) is 22.7 Å². The highest BCUT2D eigenvalue weighted by molar-refractivity contribution is 6.01. The Balaban J connectivity index is 1.57. The number of carbonyl (C=O) groups excluding carboxylic acids is 3. The van der Waals surface area contributed by atoms with E-state index in [0.29, 0.717) is 18.2 Å². The highest BCUT2D eigenvalue weighted by Gasteiger charge is 2.72. The Morgan fingerprint density at radius 1 is 1.32 bits per heavy atom. The minimum Gasteiger partial charge on any atom is -0.475 e. The van der Waals surface area contributed by atoms with Gasteiger partial charge in [0.25, 0.3) is 0 Å². The molecule has 5 aliphatic rings. The lowest BCUT2D eigenvalue weighted by atomic mass is 9.51. The van der Waals surface area contributed by atoms with Gasteiger partial charge in [0.05, 0.1) is 0 Å². The molecule has 0 aromatic heterocycles. The number of ketones is 2. The van der Waals surface area contributed by atoms with Crippen LogP contribution in [0.1, 0.15) is 53.4 Å². The molecule has 1 heterocycles. The third-order valence-electron chi connectivity index (χ3n) is 8.62. The van der Waals surface area contributed by atoms with Gasteiger partial charge >= 0.3 is 5.97 Å². The maximum atomic E-state index is 13.5. The van der Waals surface area contributed by atoms with E-state index in [1.165, 1.54) is 18.1 Å².